The Kier molecular flexibility index (Phi) is 6.10. The largest absolute Gasteiger partial charge is 0.308 e. The summed E-state index contributed by atoms with van der Waals surface area (Å²) in [5.74, 6) is 1.57. The van der Waals surface area contributed by atoms with Crippen LogP contribution in [-0.4, -0.2) is 18.9 Å². The first-order chi connectivity index (χ1) is 27.2. The van der Waals surface area contributed by atoms with Gasteiger partial charge in [0.2, 0.25) is 0 Å². The second kappa shape index (κ2) is 11.1. The number of hydrogen-bond donors (Lipinski definition) is 0. The van der Waals surface area contributed by atoms with Gasteiger partial charge in [-0.3, -0.25) is 4.57 Å². The van der Waals surface area contributed by atoms with Crippen LogP contribution in [0.2, 0.25) is 0 Å². The van der Waals surface area contributed by atoms with Gasteiger partial charge >= 0.3 is 0 Å². The molecule has 8 aromatic carbocycles. The average Bonchev–Trinajstić information content (AvgIpc) is 3.85. The lowest BCUT2D eigenvalue weighted by Gasteiger charge is -2.14. The second-order valence-corrected chi connectivity index (χ2v) is 14.6. The first kappa shape index (κ1) is 30.2. The molecule has 12 aromatic rings. The highest BCUT2D eigenvalue weighted by Crippen LogP contribution is 2.48. The summed E-state index contributed by atoms with van der Waals surface area (Å²) in [6, 6.07) is 52.6. The lowest BCUT2D eigenvalue weighted by Crippen LogP contribution is -2.04. The van der Waals surface area contributed by atoms with E-state index >= 15 is 0 Å². The molecule has 4 heterocycles. The monoisotopic (exact) mass is 700 g/mol. The van der Waals surface area contributed by atoms with E-state index in [0.29, 0.717) is 5.82 Å². The third kappa shape index (κ3) is 4.05. The van der Waals surface area contributed by atoms with E-state index in [2.05, 4.69) is 180 Å². The van der Waals surface area contributed by atoms with Crippen LogP contribution in [0.25, 0.3) is 115 Å². The van der Waals surface area contributed by atoms with Crippen LogP contribution in [0.15, 0.2) is 164 Å². The number of fused-ring (bicyclic) bond motifs is 14. The number of nitrogens with zero attached hydrogens (tertiary/aromatic N) is 4. The van der Waals surface area contributed by atoms with Gasteiger partial charge in [0, 0.05) is 49.1 Å². The van der Waals surface area contributed by atoms with E-state index in [1.165, 1.54) is 75.8 Å². The molecule has 0 atom stereocenters. The van der Waals surface area contributed by atoms with Gasteiger partial charge in [0.1, 0.15) is 5.82 Å². The molecule has 0 aliphatic rings. The van der Waals surface area contributed by atoms with Crippen molar-refractivity contribution in [1.29, 1.82) is 0 Å². The summed E-state index contributed by atoms with van der Waals surface area (Å²) >= 11 is 0. The first-order valence-electron chi connectivity index (χ1n) is 18.8. The van der Waals surface area contributed by atoms with E-state index in [-0.39, 0.29) is 0 Å². The van der Waals surface area contributed by atoms with Gasteiger partial charge in [-0.1, -0.05) is 134 Å². The van der Waals surface area contributed by atoms with E-state index < -0.39 is 0 Å². The number of rotatable bonds is 4. The fourth-order valence-electron chi connectivity index (χ4n) is 9.41. The van der Waals surface area contributed by atoms with Crippen molar-refractivity contribution in [2.45, 2.75) is 6.92 Å². The number of allylic oxidation sites excluding steroid dienone is 2. The minimum Gasteiger partial charge on any atom is -0.308 e. The third-order valence-electron chi connectivity index (χ3n) is 11.8. The van der Waals surface area contributed by atoms with Crippen LogP contribution in [-0.2, 0) is 0 Å². The minimum absolute atomic E-state index is 0.701. The summed E-state index contributed by atoms with van der Waals surface area (Å²) in [5, 5.41) is 14.6. The quantitative estimate of drug-likeness (QED) is 0.135. The highest BCUT2D eigenvalue weighted by Gasteiger charge is 2.27. The van der Waals surface area contributed by atoms with Gasteiger partial charge in [-0.05, 0) is 75.6 Å². The van der Waals surface area contributed by atoms with Crippen molar-refractivity contribution in [3.8, 4) is 17.2 Å². The van der Waals surface area contributed by atoms with E-state index in [1.54, 1.807) is 0 Å². The van der Waals surface area contributed by atoms with Crippen LogP contribution >= 0.6 is 0 Å². The van der Waals surface area contributed by atoms with Crippen LogP contribution in [0.5, 0.6) is 0 Å². The molecule has 0 fully saturated rings. The first-order valence-corrected chi connectivity index (χ1v) is 18.8. The van der Waals surface area contributed by atoms with E-state index in [0.717, 1.165) is 39.1 Å². The Morgan fingerprint density at radius 3 is 2.07 bits per heavy atom. The lowest BCUT2D eigenvalue weighted by molar-refractivity contribution is 0.996. The fourth-order valence-corrected chi connectivity index (χ4v) is 9.41. The molecule has 0 N–H and O–H groups in total. The zero-order chi connectivity index (χ0) is 36.4. The smallest absolute Gasteiger partial charge is 0.162 e. The zero-order valence-corrected chi connectivity index (χ0v) is 30.1. The maximum absolute atomic E-state index is 5.51. The molecule has 4 heteroatoms. The van der Waals surface area contributed by atoms with Gasteiger partial charge in [-0.15, -0.1) is 0 Å². The zero-order valence-electron chi connectivity index (χ0n) is 30.1. The number of aromatic nitrogens is 4. The third-order valence-corrected chi connectivity index (χ3v) is 11.8. The van der Waals surface area contributed by atoms with Crippen molar-refractivity contribution in [3.05, 3.63) is 176 Å². The van der Waals surface area contributed by atoms with E-state index in [9.17, 15) is 0 Å². The Balaban J connectivity index is 1.24. The minimum atomic E-state index is 0.701. The van der Waals surface area contributed by atoms with Crippen LogP contribution < -0.4 is 0 Å². The molecular weight excluding hydrogens is 669 g/mol. The average molecular weight is 701 g/mol. The van der Waals surface area contributed by atoms with Crippen molar-refractivity contribution in [3.63, 3.8) is 0 Å². The Morgan fingerprint density at radius 2 is 1.22 bits per heavy atom. The summed E-state index contributed by atoms with van der Waals surface area (Å²) in [4.78, 5) is 10.7. The van der Waals surface area contributed by atoms with Crippen molar-refractivity contribution in [2.24, 2.45) is 0 Å². The summed E-state index contributed by atoms with van der Waals surface area (Å²) in [6.07, 6.45) is 6.12. The predicted molar refractivity (Wildman–Crippen MR) is 233 cm³/mol. The molecule has 0 aliphatic carbocycles. The maximum atomic E-state index is 5.51. The van der Waals surface area contributed by atoms with Crippen molar-refractivity contribution >= 4 is 98.3 Å². The molecule has 0 amide bonds. The van der Waals surface area contributed by atoms with Gasteiger partial charge < -0.3 is 4.40 Å². The Labute approximate surface area is 315 Å². The highest BCUT2D eigenvalue weighted by molar-refractivity contribution is 6.35. The molecule has 0 saturated carbocycles. The molecule has 256 valence electrons. The SMILES string of the molecule is C=C/C=C\c1c(C)n(-c2nc(-c3ccc4c(ccc5ccccc54)c3)nc3ccccc23)c2cc3c4c5ccccc5ccc4n4c5ccccc5c(c12)c34. The molecule has 0 saturated heterocycles. The fraction of sp³-hybridized carbons (Fsp3) is 0.0196. The summed E-state index contributed by atoms with van der Waals surface area (Å²) in [7, 11) is 0. The molecule has 0 spiro atoms. The highest BCUT2D eigenvalue weighted by atomic mass is 15.1. The molecule has 0 bridgehead atoms. The Morgan fingerprint density at radius 1 is 0.527 bits per heavy atom. The molecule has 0 aliphatic heterocycles. The molecular formula is C51H32N4. The van der Waals surface area contributed by atoms with Crippen molar-refractivity contribution < 1.29 is 0 Å². The van der Waals surface area contributed by atoms with Crippen molar-refractivity contribution in [1.82, 2.24) is 18.9 Å². The Bertz CT molecular complexity index is 3630. The van der Waals surface area contributed by atoms with Gasteiger partial charge in [0.15, 0.2) is 5.82 Å². The number of hydrogen-bond acceptors (Lipinski definition) is 2. The predicted octanol–water partition coefficient (Wildman–Crippen LogP) is 13.4. The summed E-state index contributed by atoms with van der Waals surface area (Å²) in [6.45, 7) is 6.28. The van der Waals surface area contributed by atoms with Crippen LogP contribution in [0.3, 0.4) is 0 Å². The molecule has 4 nitrogen and oxygen atoms in total. The molecule has 4 aromatic heterocycles. The van der Waals surface area contributed by atoms with Gasteiger partial charge in [-0.25, -0.2) is 9.97 Å². The summed E-state index contributed by atoms with van der Waals surface area (Å²) < 4.78 is 4.86. The van der Waals surface area contributed by atoms with Gasteiger partial charge in [0.25, 0.3) is 0 Å². The summed E-state index contributed by atoms with van der Waals surface area (Å²) in [5.41, 5.74) is 8.97. The molecule has 12 rings (SSSR count). The topological polar surface area (TPSA) is 35.1 Å². The van der Waals surface area contributed by atoms with Crippen LogP contribution in [0.4, 0.5) is 0 Å². The maximum Gasteiger partial charge on any atom is 0.162 e. The number of para-hydroxylation sites is 2. The van der Waals surface area contributed by atoms with Crippen LogP contribution in [0, 0.1) is 6.92 Å². The molecule has 0 radical (unpaired) electrons. The standard InChI is InChI=1S/C51H32N4/c1-3-4-15-35-30(2)54(51-39-18-9-11-20-42(39)52-50(53-51)34-24-26-37-33(28-34)23-22-31-13-5-7-16-36(31)37)45-29-41-46-38-17-8-6-14-32(38)25-27-44(46)55-43-21-12-10-19-40(43)48(47(35)45)49(41)55/h3-29H,1H2,2H3/b15-4-. The molecule has 0 unspecified atom stereocenters. The van der Waals surface area contributed by atoms with Crippen LogP contribution in [0.1, 0.15) is 11.3 Å². The van der Waals surface area contributed by atoms with Gasteiger partial charge in [0.05, 0.1) is 27.6 Å². The van der Waals surface area contributed by atoms with Gasteiger partial charge in [-0.2, -0.15) is 0 Å². The van der Waals surface area contributed by atoms with E-state index in [1.807, 2.05) is 6.08 Å². The lowest BCUT2D eigenvalue weighted by atomic mass is 9.98. The normalized spacial score (nSPS) is 12.5. The van der Waals surface area contributed by atoms with E-state index in [4.69, 9.17) is 9.97 Å². The Hall–Kier alpha value is -7.30. The van der Waals surface area contributed by atoms with Crippen molar-refractivity contribution in [2.75, 3.05) is 0 Å². The molecule has 55 heavy (non-hydrogen) atoms. The second-order valence-electron chi connectivity index (χ2n) is 14.6. The number of benzene rings is 8.